The molecule has 1 rings (SSSR count). The number of esters is 2. The smallest absolute Gasteiger partial charge is 0.303 e. The van der Waals surface area contributed by atoms with Gasteiger partial charge in [-0.3, -0.25) is 9.59 Å². The average Bonchev–Trinajstić information content (AvgIpc) is 2.19. The number of carbonyl (C=O) groups excluding carboxylic acids is 2. The Morgan fingerprint density at radius 1 is 1.31 bits per heavy atom. The first-order chi connectivity index (χ1) is 7.54. The molecule has 0 fully saturated rings. The summed E-state index contributed by atoms with van der Waals surface area (Å²) in [6.45, 7) is 1.58. The molecular weight excluding hydrogens is 219 g/mol. The molecule has 1 aliphatic rings. The summed E-state index contributed by atoms with van der Waals surface area (Å²) in [5.41, 5.74) is 0. The molecule has 6 heteroatoms. The van der Waals surface area contributed by atoms with E-state index in [2.05, 4.69) is 0 Å². The van der Waals surface area contributed by atoms with Crippen LogP contribution in [0.4, 0.5) is 4.39 Å². The predicted molar refractivity (Wildman–Crippen MR) is 51.1 cm³/mol. The normalized spacial score (nSPS) is 28.1. The maximum Gasteiger partial charge on any atom is 0.303 e. The third-order valence-corrected chi connectivity index (χ3v) is 1.97. The highest BCUT2D eigenvalue weighted by Crippen LogP contribution is 2.19. The lowest BCUT2D eigenvalue weighted by Crippen LogP contribution is -2.46. The van der Waals surface area contributed by atoms with Crippen LogP contribution in [0.2, 0.25) is 0 Å². The molecule has 1 aliphatic heterocycles. The van der Waals surface area contributed by atoms with E-state index in [4.69, 9.17) is 14.2 Å². The van der Waals surface area contributed by atoms with Gasteiger partial charge in [-0.25, -0.2) is 4.39 Å². The zero-order chi connectivity index (χ0) is 12.1. The Balaban J connectivity index is 2.77. The number of halogens is 1. The standard InChI is InChI=1S/C10H13FO5/c1-6(12)15-8-3-4-14-9(5-11)10(8)16-7(2)13/h3-4,8-10H,5H2,1-2H3/t8-,9-,10-/m0/s1. The Labute approximate surface area is 92.2 Å². The minimum Gasteiger partial charge on any atom is -0.491 e. The van der Waals surface area contributed by atoms with E-state index in [1.165, 1.54) is 26.2 Å². The van der Waals surface area contributed by atoms with E-state index in [0.717, 1.165) is 0 Å². The second-order valence-electron chi connectivity index (χ2n) is 3.31. The minimum absolute atomic E-state index is 0.536. The van der Waals surface area contributed by atoms with Gasteiger partial charge in [-0.15, -0.1) is 0 Å². The van der Waals surface area contributed by atoms with Gasteiger partial charge >= 0.3 is 11.9 Å². The molecule has 0 aromatic heterocycles. The van der Waals surface area contributed by atoms with Crippen molar-refractivity contribution in [1.82, 2.24) is 0 Å². The Morgan fingerprint density at radius 3 is 2.44 bits per heavy atom. The van der Waals surface area contributed by atoms with Crippen LogP contribution in [0.5, 0.6) is 0 Å². The van der Waals surface area contributed by atoms with E-state index < -0.39 is 36.9 Å². The molecule has 0 N–H and O–H groups in total. The van der Waals surface area contributed by atoms with Gasteiger partial charge < -0.3 is 14.2 Å². The summed E-state index contributed by atoms with van der Waals surface area (Å²) in [5, 5.41) is 0. The summed E-state index contributed by atoms with van der Waals surface area (Å²) in [6.07, 6.45) is -0.0653. The molecule has 0 radical (unpaired) electrons. The highest BCUT2D eigenvalue weighted by atomic mass is 19.1. The third-order valence-electron chi connectivity index (χ3n) is 1.97. The molecule has 5 nitrogen and oxygen atoms in total. The fraction of sp³-hybridized carbons (Fsp3) is 0.600. The molecule has 0 saturated carbocycles. The molecule has 90 valence electrons. The zero-order valence-electron chi connectivity index (χ0n) is 9.01. The Bertz CT molecular complexity index is 302. The molecule has 0 aromatic carbocycles. The zero-order valence-corrected chi connectivity index (χ0v) is 9.01. The van der Waals surface area contributed by atoms with Gasteiger partial charge in [-0.05, 0) is 6.08 Å². The first-order valence-electron chi connectivity index (χ1n) is 4.77. The van der Waals surface area contributed by atoms with Gasteiger partial charge in [0.05, 0.1) is 6.26 Å². The first kappa shape index (κ1) is 12.5. The lowest BCUT2D eigenvalue weighted by atomic mass is 10.1. The van der Waals surface area contributed by atoms with Crippen molar-refractivity contribution in [2.45, 2.75) is 32.2 Å². The van der Waals surface area contributed by atoms with E-state index in [9.17, 15) is 14.0 Å². The lowest BCUT2D eigenvalue weighted by molar-refractivity contribution is -0.174. The molecule has 3 atom stereocenters. The number of alkyl halides is 1. The summed E-state index contributed by atoms with van der Waals surface area (Å²) >= 11 is 0. The van der Waals surface area contributed by atoms with Crippen molar-refractivity contribution in [2.75, 3.05) is 6.67 Å². The predicted octanol–water partition coefficient (Wildman–Crippen LogP) is 0.732. The molecule has 0 bridgehead atoms. The number of ether oxygens (including phenoxy) is 3. The van der Waals surface area contributed by atoms with E-state index in [1.54, 1.807) is 0 Å². The van der Waals surface area contributed by atoms with E-state index in [-0.39, 0.29) is 0 Å². The topological polar surface area (TPSA) is 61.8 Å². The number of hydrogen-bond donors (Lipinski definition) is 0. The van der Waals surface area contributed by atoms with Gasteiger partial charge in [0.25, 0.3) is 0 Å². The van der Waals surface area contributed by atoms with Crippen molar-refractivity contribution >= 4 is 11.9 Å². The van der Waals surface area contributed by atoms with Crippen molar-refractivity contribution in [1.29, 1.82) is 0 Å². The summed E-state index contributed by atoms with van der Waals surface area (Å²) in [4.78, 5) is 21.6. The van der Waals surface area contributed by atoms with E-state index in [1.807, 2.05) is 0 Å². The van der Waals surface area contributed by atoms with Crippen LogP contribution in [-0.2, 0) is 23.8 Å². The van der Waals surface area contributed by atoms with E-state index in [0.29, 0.717) is 0 Å². The SMILES string of the molecule is CC(=O)O[C@H]1[C@@H](OC(C)=O)C=CO[C@H]1CF. The minimum atomic E-state index is -0.948. The van der Waals surface area contributed by atoms with Crippen LogP contribution < -0.4 is 0 Å². The maximum absolute atomic E-state index is 12.6. The van der Waals surface area contributed by atoms with Crippen molar-refractivity contribution < 1.29 is 28.2 Å². The number of carbonyl (C=O) groups is 2. The summed E-state index contributed by atoms with van der Waals surface area (Å²) in [6, 6.07) is 0. The van der Waals surface area contributed by atoms with Crippen LogP contribution in [0, 0.1) is 0 Å². The van der Waals surface area contributed by atoms with Gasteiger partial charge in [0.2, 0.25) is 0 Å². The molecule has 0 saturated heterocycles. The first-order valence-corrected chi connectivity index (χ1v) is 4.77. The number of hydrogen-bond acceptors (Lipinski definition) is 5. The highest BCUT2D eigenvalue weighted by molar-refractivity contribution is 5.67. The summed E-state index contributed by atoms with van der Waals surface area (Å²) < 4.78 is 27.3. The summed E-state index contributed by atoms with van der Waals surface area (Å²) in [7, 11) is 0. The molecule has 0 aliphatic carbocycles. The van der Waals surface area contributed by atoms with Gasteiger partial charge in [0.1, 0.15) is 6.67 Å². The Hall–Kier alpha value is -1.59. The average molecular weight is 232 g/mol. The van der Waals surface area contributed by atoms with Crippen molar-refractivity contribution in [2.24, 2.45) is 0 Å². The van der Waals surface area contributed by atoms with Crippen molar-refractivity contribution in [3.63, 3.8) is 0 Å². The van der Waals surface area contributed by atoms with Gasteiger partial charge in [0, 0.05) is 13.8 Å². The van der Waals surface area contributed by atoms with Crippen LogP contribution in [-0.4, -0.2) is 36.9 Å². The molecule has 0 unspecified atom stereocenters. The second-order valence-corrected chi connectivity index (χ2v) is 3.31. The molecule has 1 heterocycles. The second kappa shape index (κ2) is 5.48. The fourth-order valence-corrected chi connectivity index (χ4v) is 1.38. The highest BCUT2D eigenvalue weighted by Gasteiger charge is 2.37. The number of rotatable bonds is 3. The fourth-order valence-electron chi connectivity index (χ4n) is 1.38. The van der Waals surface area contributed by atoms with Crippen LogP contribution in [0.25, 0.3) is 0 Å². The monoisotopic (exact) mass is 232 g/mol. The van der Waals surface area contributed by atoms with E-state index >= 15 is 0 Å². The Kier molecular flexibility index (Phi) is 4.28. The third kappa shape index (κ3) is 3.22. The molecule has 0 amide bonds. The van der Waals surface area contributed by atoms with Crippen LogP contribution >= 0.6 is 0 Å². The van der Waals surface area contributed by atoms with Crippen LogP contribution in [0.1, 0.15) is 13.8 Å². The lowest BCUT2D eigenvalue weighted by Gasteiger charge is -2.31. The van der Waals surface area contributed by atoms with Crippen molar-refractivity contribution in [3.8, 4) is 0 Å². The van der Waals surface area contributed by atoms with Crippen LogP contribution in [0.15, 0.2) is 12.3 Å². The molecule has 0 spiro atoms. The molecular formula is C10H13FO5. The molecule has 16 heavy (non-hydrogen) atoms. The van der Waals surface area contributed by atoms with Crippen LogP contribution in [0.3, 0.4) is 0 Å². The van der Waals surface area contributed by atoms with Crippen molar-refractivity contribution in [3.05, 3.63) is 12.3 Å². The quantitative estimate of drug-likeness (QED) is 0.671. The van der Waals surface area contributed by atoms with Gasteiger partial charge in [-0.2, -0.15) is 0 Å². The van der Waals surface area contributed by atoms with Gasteiger partial charge in [0.15, 0.2) is 18.3 Å². The molecule has 0 aromatic rings. The Morgan fingerprint density at radius 2 is 1.94 bits per heavy atom. The van der Waals surface area contributed by atoms with Gasteiger partial charge in [-0.1, -0.05) is 0 Å². The summed E-state index contributed by atoms with van der Waals surface area (Å²) in [5.74, 6) is -1.12. The largest absolute Gasteiger partial charge is 0.491 e. The maximum atomic E-state index is 12.6.